The number of hydrogen-bond acceptors (Lipinski definition) is 8. The number of rotatable bonds is 5. The number of para-hydroxylation sites is 1. The van der Waals surface area contributed by atoms with Gasteiger partial charge in [-0.2, -0.15) is 4.90 Å². The number of fused-ring (bicyclic) bond motifs is 3. The summed E-state index contributed by atoms with van der Waals surface area (Å²) in [5, 5.41) is 12.7. The molecule has 1 atom stereocenters. The molecule has 0 bridgehead atoms. The number of aromatic nitrogens is 1. The first-order valence-corrected chi connectivity index (χ1v) is 11.6. The van der Waals surface area contributed by atoms with Gasteiger partial charge in [-0.1, -0.05) is 18.2 Å². The Bertz CT molecular complexity index is 1340. The molecule has 0 aliphatic carbocycles. The SMILES string of the molecule is COC(=O)C(Cn1c2ccccc2c2cc([N+](=O)[O-])ccc21)N(C(=O)OC(C)(C)C)C(=O)OC(C)(C)C. The number of esters is 1. The Balaban J connectivity index is 2.20. The fraction of sp³-hybridized carbons (Fsp3) is 0.423. The molecule has 0 fully saturated rings. The summed E-state index contributed by atoms with van der Waals surface area (Å²) in [6.45, 7) is 9.57. The summed E-state index contributed by atoms with van der Waals surface area (Å²) in [7, 11) is 1.15. The fourth-order valence-electron chi connectivity index (χ4n) is 3.87. The van der Waals surface area contributed by atoms with Crippen molar-refractivity contribution in [1.82, 2.24) is 9.47 Å². The number of carbonyl (C=O) groups excluding carboxylic acids is 3. The molecule has 0 aliphatic rings. The van der Waals surface area contributed by atoms with Crippen LogP contribution < -0.4 is 0 Å². The molecule has 3 aromatic rings. The zero-order valence-corrected chi connectivity index (χ0v) is 21.9. The number of hydrogen-bond donors (Lipinski definition) is 0. The van der Waals surface area contributed by atoms with Gasteiger partial charge in [-0.3, -0.25) is 10.1 Å². The second-order valence-corrected chi connectivity index (χ2v) is 10.5. The lowest BCUT2D eigenvalue weighted by Crippen LogP contribution is -2.53. The van der Waals surface area contributed by atoms with E-state index in [9.17, 15) is 24.5 Å². The van der Waals surface area contributed by atoms with Crippen LogP contribution in [0.1, 0.15) is 41.5 Å². The first-order valence-electron chi connectivity index (χ1n) is 11.6. The number of nitrogens with zero attached hydrogens (tertiary/aromatic N) is 3. The smallest absolute Gasteiger partial charge is 0.420 e. The van der Waals surface area contributed by atoms with Crippen LogP contribution in [0, 0.1) is 10.1 Å². The second-order valence-electron chi connectivity index (χ2n) is 10.5. The zero-order valence-electron chi connectivity index (χ0n) is 21.9. The molecule has 11 heteroatoms. The molecule has 0 N–H and O–H groups in total. The highest BCUT2D eigenvalue weighted by Crippen LogP contribution is 2.32. The summed E-state index contributed by atoms with van der Waals surface area (Å²) in [6, 6.07) is 10.0. The van der Waals surface area contributed by atoms with Crippen LogP contribution in [-0.2, 0) is 25.5 Å². The highest BCUT2D eigenvalue weighted by molar-refractivity contribution is 6.09. The molecule has 1 unspecified atom stereocenters. The standard InChI is InChI=1S/C26H31N3O8/c1-25(2,3)36-23(31)28(24(32)37-26(4,5)6)21(22(30)35-7)15-27-19-11-9-8-10-17(19)18-14-16(29(33)34)12-13-20(18)27/h8-14,21H,15H2,1-7H3. The largest absolute Gasteiger partial charge is 0.467 e. The summed E-state index contributed by atoms with van der Waals surface area (Å²) in [6.07, 6.45) is -2.15. The molecule has 11 nitrogen and oxygen atoms in total. The first-order chi connectivity index (χ1) is 17.1. The van der Waals surface area contributed by atoms with Crippen LogP contribution >= 0.6 is 0 Å². The summed E-state index contributed by atoms with van der Waals surface area (Å²) in [4.78, 5) is 51.0. The number of nitro benzene ring substituents is 1. The average Bonchev–Trinajstić information content (AvgIpc) is 3.08. The summed E-state index contributed by atoms with van der Waals surface area (Å²) in [5.74, 6) is -0.871. The van der Waals surface area contributed by atoms with Crippen molar-refractivity contribution in [2.45, 2.75) is 65.3 Å². The lowest BCUT2D eigenvalue weighted by atomic mass is 10.1. The van der Waals surface area contributed by atoms with E-state index in [0.29, 0.717) is 26.7 Å². The van der Waals surface area contributed by atoms with Crippen molar-refractivity contribution >= 4 is 45.6 Å². The minimum absolute atomic E-state index is 0.0935. The molecule has 0 aliphatic heterocycles. The van der Waals surface area contributed by atoms with Crippen LogP contribution in [0.15, 0.2) is 42.5 Å². The van der Waals surface area contributed by atoms with Crippen molar-refractivity contribution in [3.8, 4) is 0 Å². The van der Waals surface area contributed by atoms with Gasteiger partial charge < -0.3 is 18.8 Å². The first kappa shape index (κ1) is 27.4. The molecule has 0 spiro atoms. The molecular weight excluding hydrogens is 482 g/mol. The van der Waals surface area contributed by atoms with Crippen molar-refractivity contribution in [3.63, 3.8) is 0 Å². The van der Waals surface area contributed by atoms with E-state index in [2.05, 4.69) is 0 Å². The molecule has 0 radical (unpaired) electrons. The van der Waals surface area contributed by atoms with Gasteiger partial charge in [0, 0.05) is 33.9 Å². The van der Waals surface area contributed by atoms with Crippen LogP contribution in [0.2, 0.25) is 0 Å². The van der Waals surface area contributed by atoms with Crippen LogP contribution in [0.3, 0.4) is 0 Å². The predicted octanol–water partition coefficient (Wildman–Crippen LogP) is 5.42. The topological polar surface area (TPSA) is 130 Å². The van der Waals surface area contributed by atoms with Crippen molar-refractivity contribution < 1.29 is 33.5 Å². The molecular formula is C26H31N3O8. The molecule has 0 saturated carbocycles. The number of non-ortho nitro benzene ring substituents is 1. The molecule has 0 saturated heterocycles. The van der Waals surface area contributed by atoms with Gasteiger partial charge in [0.25, 0.3) is 5.69 Å². The normalized spacial score (nSPS) is 12.7. The summed E-state index contributed by atoms with van der Waals surface area (Å²) in [5.41, 5.74) is -0.827. The van der Waals surface area contributed by atoms with Gasteiger partial charge in [0.1, 0.15) is 11.2 Å². The van der Waals surface area contributed by atoms with Gasteiger partial charge >= 0.3 is 18.2 Å². The quantitative estimate of drug-likeness (QED) is 0.191. The Morgan fingerprint density at radius 3 is 1.97 bits per heavy atom. The molecule has 1 heterocycles. The van der Waals surface area contributed by atoms with Crippen LogP contribution in [0.4, 0.5) is 15.3 Å². The van der Waals surface area contributed by atoms with Crippen LogP contribution in [0.25, 0.3) is 21.8 Å². The highest BCUT2D eigenvalue weighted by Gasteiger charge is 2.41. The number of carbonyl (C=O) groups is 3. The third-order valence-corrected chi connectivity index (χ3v) is 5.29. The molecule has 1 aromatic heterocycles. The minimum atomic E-state index is -1.47. The van der Waals surface area contributed by atoms with E-state index in [1.807, 2.05) is 0 Å². The number of benzene rings is 2. The van der Waals surface area contributed by atoms with Crippen LogP contribution in [0.5, 0.6) is 0 Å². The minimum Gasteiger partial charge on any atom is -0.467 e. The Morgan fingerprint density at radius 1 is 0.919 bits per heavy atom. The van der Waals surface area contributed by atoms with Gasteiger partial charge in [0.05, 0.1) is 18.6 Å². The summed E-state index contributed by atoms with van der Waals surface area (Å²) < 4.78 is 17.6. The third kappa shape index (κ3) is 6.16. The molecule has 37 heavy (non-hydrogen) atoms. The maximum atomic E-state index is 13.2. The number of nitro groups is 1. The number of amides is 2. The maximum absolute atomic E-state index is 13.2. The van der Waals surface area contributed by atoms with E-state index >= 15 is 0 Å². The molecule has 3 rings (SSSR count). The van der Waals surface area contributed by atoms with E-state index in [1.54, 1.807) is 76.4 Å². The van der Waals surface area contributed by atoms with Crippen LogP contribution in [-0.4, -0.2) is 56.9 Å². The lowest BCUT2D eigenvalue weighted by molar-refractivity contribution is -0.384. The highest BCUT2D eigenvalue weighted by atomic mass is 16.6. The zero-order chi connectivity index (χ0) is 27.7. The Hall–Kier alpha value is -4.15. The molecule has 2 amide bonds. The molecule has 198 valence electrons. The van der Waals surface area contributed by atoms with Gasteiger partial charge in [-0.05, 0) is 53.7 Å². The molecule has 2 aromatic carbocycles. The summed E-state index contributed by atoms with van der Waals surface area (Å²) >= 11 is 0. The van der Waals surface area contributed by atoms with Crippen molar-refractivity contribution in [2.75, 3.05) is 7.11 Å². The van der Waals surface area contributed by atoms with E-state index in [4.69, 9.17) is 14.2 Å². The predicted molar refractivity (Wildman–Crippen MR) is 136 cm³/mol. The average molecular weight is 514 g/mol. The third-order valence-electron chi connectivity index (χ3n) is 5.29. The van der Waals surface area contributed by atoms with Crippen molar-refractivity contribution in [1.29, 1.82) is 0 Å². The van der Waals surface area contributed by atoms with Gasteiger partial charge in [-0.15, -0.1) is 0 Å². The fourth-order valence-corrected chi connectivity index (χ4v) is 3.87. The number of methoxy groups -OCH3 is 1. The Labute approximate surface area is 214 Å². The van der Waals surface area contributed by atoms with Gasteiger partial charge in [0.15, 0.2) is 6.04 Å². The van der Waals surface area contributed by atoms with E-state index in [-0.39, 0.29) is 12.2 Å². The van der Waals surface area contributed by atoms with Gasteiger partial charge in [0.2, 0.25) is 0 Å². The monoisotopic (exact) mass is 513 g/mol. The Morgan fingerprint density at radius 2 is 1.46 bits per heavy atom. The number of imide groups is 1. The second kappa shape index (κ2) is 10.1. The Kier molecular flexibility index (Phi) is 7.47. The van der Waals surface area contributed by atoms with E-state index in [1.165, 1.54) is 12.1 Å². The van der Waals surface area contributed by atoms with Crippen molar-refractivity contribution in [2.24, 2.45) is 0 Å². The van der Waals surface area contributed by atoms with Gasteiger partial charge in [-0.25, -0.2) is 14.4 Å². The maximum Gasteiger partial charge on any atom is 0.420 e. The van der Waals surface area contributed by atoms with E-state index < -0.39 is 40.3 Å². The van der Waals surface area contributed by atoms with E-state index in [0.717, 1.165) is 7.11 Å². The van der Waals surface area contributed by atoms with Crippen molar-refractivity contribution in [3.05, 3.63) is 52.6 Å². The number of ether oxygens (including phenoxy) is 3. The lowest BCUT2D eigenvalue weighted by Gasteiger charge is -2.32.